The number of piperidine rings is 1. The first-order valence-electron chi connectivity index (χ1n) is 6.95. The van der Waals surface area contributed by atoms with Gasteiger partial charge in [0.2, 0.25) is 0 Å². The van der Waals surface area contributed by atoms with Crippen molar-refractivity contribution in [2.75, 3.05) is 13.1 Å². The van der Waals surface area contributed by atoms with E-state index in [1.54, 1.807) is 0 Å². The van der Waals surface area contributed by atoms with Crippen LogP contribution in [0.5, 0.6) is 0 Å². The molecule has 18 heavy (non-hydrogen) atoms. The van der Waals surface area contributed by atoms with E-state index in [2.05, 4.69) is 35.6 Å². The molecule has 0 unspecified atom stereocenters. The third-order valence-corrected chi connectivity index (χ3v) is 4.05. The first kappa shape index (κ1) is 13.5. The van der Waals surface area contributed by atoms with Crippen molar-refractivity contribution in [1.29, 1.82) is 0 Å². The van der Waals surface area contributed by atoms with Gasteiger partial charge in [0.25, 0.3) is 0 Å². The molecule has 1 aliphatic heterocycles. The van der Waals surface area contributed by atoms with E-state index in [1.165, 1.54) is 31.5 Å². The lowest BCUT2D eigenvalue weighted by Crippen LogP contribution is -2.37. The Morgan fingerprint density at radius 2 is 1.72 bits per heavy atom. The number of hydrogen-bond acceptors (Lipinski definition) is 3. The summed E-state index contributed by atoms with van der Waals surface area (Å²) < 4.78 is 0. The Morgan fingerprint density at radius 3 is 2.22 bits per heavy atom. The average molecular weight is 247 g/mol. The Morgan fingerprint density at radius 1 is 1.17 bits per heavy atom. The molecule has 0 spiro atoms. The number of hydrogen-bond donors (Lipinski definition) is 0. The molecule has 0 aromatic carbocycles. The van der Waals surface area contributed by atoms with Gasteiger partial charge >= 0.3 is 0 Å². The smallest absolute Gasteiger partial charge is 0.125 e. The Balaban J connectivity index is 1.85. The van der Waals surface area contributed by atoms with E-state index in [9.17, 15) is 0 Å². The van der Waals surface area contributed by atoms with E-state index in [0.29, 0.717) is 5.41 Å². The summed E-state index contributed by atoms with van der Waals surface area (Å²) in [5.74, 6) is 1.72. The summed E-state index contributed by atoms with van der Waals surface area (Å²) in [6, 6.07) is 0. The molecule has 0 radical (unpaired) electrons. The van der Waals surface area contributed by atoms with Gasteiger partial charge in [-0.1, -0.05) is 20.8 Å². The molecule has 2 rings (SSSR count). The minimum atomic E-state index is 0.457. The summed E-state index contributed by atoms with van der Waals surface area (Å²) in [7, 11) is 0. The maximum atomic E-state index is 4.26. The fourth-order valence-corrected chi connectivity index (χ4v) is 2.72. The van der Waals surface area contributed by atoms with E-state index in [-0.39, 0.29) is 0 Å². The summed E-state index contributed by atoms with van der Waals surface area (Å²) in [5.41, 5.74) is 1.69. The molecule has 0 atom stereocenters. The van der Waals surface area contributed by atoms with Crippen LogP contribution in [-0.2, 0) is 6.54 Å². The van der Waals surface area contributed by atoms with Crippen LogP contribution in [0.2, 0.25) is 0 Å². The van der Waals surface area contributed by atoms with Crippen LogP contribution < -0.4 is 0 Å². The number of nitrogens with zero attached hydrogens (tertiary/aromatic N) is 3. The van der Waals surface area contributed by atoms with Crippen molar-refractivity contribution in [3.8, 4) is 0 Å². The number of likely N-dealkylation sites (tertiary alicyclic amines) is 1. The fourth-order valence-electron chi connectivity index (χ4n) is 2.72. The summed E-state index contributed by atoms with van der Waals surface area (Å²) in [6.07, 6.45) is 6.54. The predicted molar refractivity (Wildman–Crippen MR) is 74.2 cm³/mol. The Bertz CT molecular complexity index is 370. The zero-order chi connectivity index (χ0) is 13.2. The number of aryl methyl sites for hydroxylation is 1. The van der Waals surface area contributed by atoms with Crippen LogP contribution in [0.25, 0.3) is 0 Å². The molecule has 0 N–H and O–H groups in total. The second-order valence-corrected chi connectivity index (χ2v) is 6.55. The molecular weight excluding hydrogens is 222 g/mol. The van der Waals surface area contributed by atoms with Crippen LogP contribution in [0.1, 0.15) is 45.0 Å². The Hall–Kier alpha value is -0.960. The van der Waals surface area contributed by atoms with Crippen molar-refractivity contribution in [3.63, 3.8) is 0 Å². The third-order valence-electron chi connectivity index (χ3n) is 4.05. The maximum Gasteiger partial charge on any atom is 0.125 e. The highest BCUT2D eigenvalue weighted by atomic mass is 15.1. The molecule has 2 heterocycles. The molecule has 0 bridgehead atoms. The zero-order valence-electron chi connectivity index (χ0n) is 12.1. The van der Waals surface area contributed by atoms with Crippen LogP contribution >= 0.6 is 0 Å². The summed E-state index contributed by atoms with van der Waals surface area (Å²) in [4.78, 5) is 11.0. The molecule has 1 aliphatic rings. The second kappa shape index (κ2) is 5.35. The van der Waals surface area contributed by atoms with Crippen LogP contribution in [0.15, 0.2) is 12.4 Å². The van der Waals surface area contributed by atoms with E-state index >= 15 is 0 Å². The summed E-state index contributed by atoms with van der Waals surface area (Å²) >= 11 is 0. The van der Waals surface area contributed by atoms with Gasteiger partial charge < -0.3 is 0 Å². The Kier molecular flexibility index (Phi) is 4.00. The highest BCUT2D eigenvalue weighted by Crippen LogP contribution is 2.34. The summed E-state index contributed by atoms with van der Waals surface area (Å²) in [5, 5.41) is 0. The van der Waals surface area contributed by atoms with Crippen LogP contribution in [0, 0.1) is 18.3 Å². The monoisotopic (exact) mass is 247 g/mol. The SMILES string of the molecule is Cc1ncc(CN2CCC(C(C)(C)C)CC2)cn1. The molecule has 1 aromatic heterocycles. The molecule has 1 saturated heterocycles. The van der Waals surface area contributed by atoms with Gasteiger partial charge in [-0.05, 0) is 44.2 Å². The molecule has 3 heteroatoms. The average Bonchev–Trinajstić information content (AvgIpc) is 2.32. The lowest BCUT2D eigenvalue weighted by Gasteiger charge is -2.38. The molecular formula is C15H25N3. The predicted octanol–water partition coefficient (Wildman–Crippen LogP) is 3.04. The topological polar surface area (TPSA) is 29.0 Å². The maximum absolute atomic E-state index is 4.26. The molecule has 100 valence electrons. The largest absolute Gasteiger partial charge is 0.299 e. The number of rotatable bonds is 2. The van der Waals surface area contributed by atoms with E-state index in [1.807, 2.05) is 19.3 Å². The lowest BCUT2D eigenvalue weighted by atomic mass is 9.75. The zero-order valence-corrected chi connectivity index (χ0v) is 12.1. The third kappa shape index (κ3) is 3.52. The number of aromatic nitrogens is 2. The highest BCUT2D eigenvalue weighted by molar-refractivity contribution is 5.04. The molecule has 0 aliphatic carbocycles. The van der Waals surface area contributed by atoms with E-state index < -0.39 is 0 Å². The molecule has 1 fully saturated rings. The van der Waals surface area contributed by atoms with Crippen LogP contribution in [0.3, 0.4) is 0 Å². The van der Waals surface area contributed by atoms with Crippen molar-refractivity contribution in [3.05, 3.63) is 23.8 Å². The fraction of sp³-hybridized carbons (Fsp3) is 0.733. The lowest BCUT2D eigenvalue weighted by molar-refractivity contribution is 0.108. The molecule has 0 saturated carbocycles. The summed E-state index contributed by atoms with van der Waals surface area (Å²) in [6.45, 7) is 12.4. The van der Waals surface area contributed by atoms with Gasteiger partial charge in [-0.25, -0.2) is 9.97 Å². The van der Waals surface area contributed by atoms with E-state index in [0.717, 1.165) is 18.3 Å². The molecule has 3 nitrogen and oxygen atoms in total. The Labute approximate surface area is 111 Å². The van der Waals surface area contributed by atoms with Gasteiger partial charge in [0.05, 0.1) is 0 Å². The molecule has 0 amide bonds. The standard InChI is InChI=1S/C15H25N3/c1-12-16-9-13(10-17-12)11-18-7-5-14(6-8-18)15(2,3)4/h9-10,14H,5-8,11H2,1-4H3. The van der Waals surface area contributed by atoms with E-state index in [4.69, 9.17) is 0 Å². The van der Waals surface area contributed by atoms with Crippen LogP contribution in [0.4, 0.5) is 0 Å². The normalized spacial score (nSPS) is 19.1. The molecule has 1 aromatic rings. The second-order valence-electron chi connectivity index (χ2n) is 6.55. The first-order chi connectivity index (χ1) is 8.45. The minimum Gasteiger partial charge on any atom is -0.299 e. The highest BCUT2D eigenvalue weighted by Gasteiger charge is 2.28. The van der Waals surface area contributed by atoms with Gasteiger partial charge in [0, 0.05) is 24.5 Å². The van der Waals surface area contributed by atoms with Crippen molar-refractivity contribution < 1.29 is 0 Å². The van der Waals surface area contributed by atoms with Gasteiger partial charge in [-0.15, -0.1) is 0 Å². The van der Waals surface area contributed by atoms with Crippen LogP contribution in [-0.4, -0.2) is 28.0 Å². The quantitative estimate of drug-likeness (QED) is 0.804. The first-order valence-corrected chi connectivity index (χ1v) is 6.95. The van der Waals surface area contributed by atoms with Crippen molar-refractivity contribution in [1.82, 2.24) is 14.9 Å². The minimum absolute atomic E-state index is 0.457. The van der Waals surface area contributed by atoms with Crippen molar-refractivity contribution in [2.45, 2.75) is 47.1 Å². The van der Waals surface area contributed by atoms with Gasteiger partial charge in [-0.2, -0.15) is 0 Å². The van der Waals surface area contributed by atoms with Gasteiger partial charge in [0.1, 0.15) is 5.82 Å². The van der Waals surface area contributed by atoms with Gasteiger partial charge in [-0.3, -0.25) is 4.90 Å². The van der Waals surface area contributed by atoms with Crippen molar-refractivity contribution in [2.24, 2.45) is 11.3 Å². The van der Waals surface area contributed by atoms with Crippen molar-refractivity contribution >= 4 is 0 Å². The van der Waals surface area contributed by atoms with Gasteiger partial charge in [0.15, 0.2) is 0 Å².